The Bertz CT molecular complexity index is 466. The highest BCUT2D eigenvalue weighted by Gasteiger charge is 2.20. The third-order valence-corrected chi connectivity index (χ3v) is 4.92. The third-order valence-electron chi connectivity index (χ3n) is 4.92. The van der Waals surface area contributed by atoms with E-state index in [0.29, 0.717) is 12.5 Å². The Labute approximate surface area is 127 Å². The smallest absolute Gasteiger partial charge is 0.119 e. The summed E-state index contributed by atoms with van der Waals surface area (Å²) in [6, 6.07) is 5.91. The standard InChI is InChI=1S/C18H26O3/c19-15(10-13-4-1-2-5-13)12-21-16-8-9-17-14(11-16)6-3-7-18(17)20/h8-9,11,13,15,18-20H,1-7,10,12H2. The minimum atomic E-state index is -0.366. The SMILES string of the molecule is OC(COc1ccc2c(c1)CCCC2O)CC1CCCC1. The van der Waals surface area contributed by atoms with Crippen LogP contribution in [0.15, 0.2) is 18.2 Å². The topological polar surface area (TPSA) is 49.7 Å². The molecule has 3 rings (SSSR count). The molecule has 3 heteroatoms. The minimum absolute atomic E-state index is 0.323. The fourth-order valence-electron chi connectivity index (χ4n) is 3.75. The quantitative estimate of drug-likeness (QED) is 0.874. The van der Waals surface area contributed by atoms with Gasteiger partial charge < -0.3 is 14.9 Å². The van der Waals surface area contributed by atoms with Gasteiger partial charge in [-0.1, -0.05) is 31.7 Å². The lowest BCUT2D eigenvalue weighted by Gasteiger charge is -2.22. The molecule has 0 radical (unpaired) electrons. The number of aryl methyl sites for hydroxylation is 1. The van der Waals surface area contributed by atoms with Gasteiger partial charge in [0.15, 0.2) is 0 Å². The molecule has 2 unspecified atom stereocenters. The summed E-state index contributed by atoms with van der Waals surface area (Å²) in [5, 5.41) is 20.0. The van der Waals surface area contributed by atoms with Crippen molar-refractivity contribution in [3.8, 4) is 5.75 Å². The number of ether oxygens (including phenoxy) is 1. The Morgan fingerprint density at radius 1 is 1.14 bits per heavy atom. The molecule has 3 nitrogen and oxygen atoms in total. The van der Waals surface area contributed by atoms with E-state index in [1.54, 1.807) is 0 Å². The normalized spacial score (nSPS) is 23.8. The Morgan fingerprint density at radius 3 is 2.76 bits per heavy atom. The van der Waals surface area contributed by atoms with Gasteiger partial charge in [0.2, 0.25) is 0 Å². The number of rotatable bonds is 5. The molecule has 0 amide bonds. The summed E-state index contributed by atoms with van der Waals surface area (Å²) in [5.74, 6) is 1.50. The van der Waals surface area contributed by atoms with Crippen LogP contribution in [0.2, 0.25) is 0 Å². The maximum absolute atomic E-state index is 10.1. The van der Waals surface area contributed by atoms with Gasteiger partial charge in [0.05, 0.1) is 12.2 Å². The number of hydrogen-bond donors (Lipinski definition) is 2. The van der Waals surface area contributed by atoms with Crippen LogP contribution in [0.3, 0.4) is 0 Å². The molecule has 2 aliphatic rings. The molecule has 0 saturated heterocycles. The van der Waals surface area contributed by atoms with Gasteiger partial charge in [-0.05, 0) is 54.9 Å². The maximum atomic E-state index is 10.1. The van der Waals surface area contributed by atoms with Crippen LogP contribution >= 0.6 is 0 Å². The number of aliphatic hydroxyl groups excluding tert-OH is 2. The highest BCUT2D eigenvalue weighted by Crippen LogP contribution is 2.32. The van der Waals surface area contributed by atoms with E-state index in [9.17, 15) is 10.2 Å². The van der Waals surface area contributed by atoms with Crippen molar-refractivity contribution < 1.29 is 14.9 Å². The van der Waals surface area contributed by atoms with Gasteiger partial charge in [0.1, 0.15) is 12.4 Å². The molecule has 2 N–H and O–H groups in total. The van der Waals surface area contributed by atoms with E-state index in [1.165, 1.54) is 31.2 Å². The summed E-state index contributed by atoms with van der Waals surface area (Å²) in [6.07, 6.45) is 8.20. The van der Waals surface area contributed by atoms with Crippen LogP contribution < -0.4 is 4.74 Å². The van der Waals surface area contributed by atoms with Crippen molar-refractivity contribution in [3.05, 3.63) is 29.3 Å². The zero-order valence-electron chi connectivity index (χ0n) is 12.6. The van der Waals surface area contributed by atoms with Crippen LogP contribution in [0, 0.1) is 5.92 Å². The largest absolute Gasteiger partial charge is 0.491 e. The number of aliphatic hydroxyl groups is 2. The molecule has 116 valence electrons. The first kappa shape index (κ1) is 14.9. The van der Waals surface area contributed by atoms with E-state index in [1.807, 2.05) is 18.2 Å². The Morgan fingerprint density at radius 2 is 1.95 bits per heavy atom. The van der Waals surface area contributed by atoms with Gasteiger partial charge >= 0.3 is 0 Å². The van der Waals surface area contributed by atoms with Gasteiger partial charge in [0, 0.05) is 0 Å². The molecule has 1 aromatic rings. The van der Waals surface area contributed by atoms with Gasteiger partial charge in [-0.25, -0.2) is 0 Å². The summed E-state index contributed by atoms with van der Waals surface area (Å²) in [6.45, 7) is 0.373. The van der Waals surface area contributed by atoms with Crippen molar-refractivity contribution in [3.63, 3.8) is 0 Å². The van der Waals surface area contributed by atoms with Crippen molar-refractivity contribution in [1.82, 2.24) is 0 Å². The van der Waals surface area contributed by atoms with Crippen LogP contribution in [0.25, 0.3) is 0 Å². The van der Waals surface area contributed by atoms with Gasteiger partial charge in [-0.15, -0.1) is 0 Å². The first-order valence-corrected chi connectivity index (χ1v) is 8.34. The molecule has 2 aliphatic carbocycles. The fourth-order valence-corrected chi connectivity index (χ4v) is 3.75. The minimum Gasteiger partial charge on any atom is -0.491 e. The average Bonchev–Trinajstić information content (AvgIpc) is 2.98. The summed E-state index contributed by atoms with van der Waals surface area (Å²) in [5.41, 5.74) is 2.23. The predicted molar refractivity (Wildman–Crippen MR) is 82.4 cm³/mol. The van der Waals surface area contributed by atoms with Crippen LogP contribution in [-0.2, 0) is 6.42 Å². The van der Waals surface area contributed by atoms with E-state index < -0.39 is 0 Å². The molecule has 1 aromatic carbocycles. The molecule has 0 aromatic heterocycles. The van der Waals surface area contributed by atoms with Crippen LogP contribution in [0.1, 0.15) is 62.2 Å². The van der Waals surface area contributed by atoms with E-state index in [4.69, 9.17) is 4.74 Å². The van der Waals surface area contributed by atoms with Crippen molar-refractivity contribution >= 4 is 0 Å². The summed E-state index contributed by atoms with van der Waals surface area (Å²) in [4.78, 5) is 0. The van der Waals surface area contributed by atoms with Gasteiger partial charge in [-0.3, -0.25) is 0 Å². The van der Waals surface area contributed by atoms with E-state index >= 15 is 0 Å². The van der Waals surface area contributed by atoms with E-state index in [2.05, 4.69) is 0 Å². The second-order valence-electron chi connectivity index (χ2n) is 6.62. The van der Waals surface area contributed by atoms with Crippen molar-refractivity contribution in [2.45, 2.75) is 63.6 Å². The molecule has 2 atom stereocenters. The average molecular weight is 290 g/mol. The summed E-state index contributed by atoms with van der Waals surface area (Å²) in [7, 11) is 0. The number of benzene rings is 1. The first-order valence-electron chi connectivity index (χ1n) is 8.34. The molecular formula is C18H26O3. The lowest BCUT2D eigenvalue weighted by atomic mass is 9.89. The van der Waals surface area contributed by atoms with E-state index in [-0.39, 0.29) is 12.2 Å². The van der Waals surface area contributed by atoms with Crippen LogP contribution in [0.5, 0.6) is 5.75 Å². The second kappa shape index (κ2) is 6.80. The van der Waals surface area contributed by atoms with Crippen molar-refractivity contribution in [2.75, 3.05) is 6.61 Å². The second-order valence-corrected chi connectivity index (χ2v) is 6.62. The zero-order valence-corrected chi connectivity index (χ0v) is 12.6. The van der Waals surface area contributed by atoms with E-state index in [0.717, 1.165) is 37.0 Å². The fraction of sp³-hybridized carbons (Fsp3) is 0.667. The number of fused-ring (bicyclic) bond motifs is 1. The first-order chi connectivity index (χ1) is 10.2. The molecule has 0 bridgehead atoms. The lowest BCUT2D eigenvalue weighted by Crippen LogP contribution is -2.20. The number of hydrogen-bond acceptors (Lipinski definition) is 3. The molecule has 0 heterocycles. The molecule has 0 aliphatic heterocycles. The Hall–Kier alpha value is -1.06. The highest BCUT2D eigenvalue weighted by atomic mass is 16.5. The van der Waals surface area contributed by atoms with Crippen molar-refractivity contribution in [2.24, 2.45) is 5.92 Å². The lowest BCUT2D eigenvalue weighted by molar-refractivity contribution is 0.0853. The predicted octanol–water partition coefficient (Wildman–Crippen LogP) is 3.38. The van der Waals surface area contributed by atoms with Gasteiger partial charge in [-0.2, -0.15) is 0 Å². The Kier molecular flexibility index (Phi) is 4.81. The summed E-state index contributed by atoms with van der Waals surface area (Å²) >= 11 is 0. The monoisotopic (exact) mass is 290 g/mol. The van der Waals surface area contributed by atoms with Gasteiger partial charge in [0.25, 0.3) is 0 Å². The summed E-state index contributed by atoms with van der Waals surface area (Å²) < 4.78 is 5.75. The maximum Gasteiger partial charge on any atom is 0.119 e. The molecule has 0 spiro atoms. The zero-order chi connectivity index (χ0) is 14.7. The third kappa shape index (κ3) is 3.78. The van der Waals surface area contributed by atoms with Crippen LogP contribution in [-0.4, -0.2) is 22.9 Å². The molecule has 1 saturated carbocycles. The highest BCUT2D eigenvalue weighted by molar-refractivity contribution is 5.38. The Balaban J connectivity index is 1.53. The van der Waals surface area contributed by atoms with Crippen LogP contribution in [0.4, 0.5) is 0 Å². The molecule has 1 fully saturated rings. The molecule has 21 heavy (non-hydrogen) atoms. The van der Waals surface area contributed by atoms with Crippen molar-refractivity contribution in [1.29, 1.82) is 0 Å². The molecular weight excluding hydrogens is 264 g/mol.